The number of nitrogens with zero attached hydrogens (tertiary/aromatic N) is 2. The van der Waals surface area contributed by atoms with E-state index >= 15 is 0 Å². The van der Waals surface area contributed by atoms with Crippen molar-refractivity contribution in [2.75, 3.05) is 25.4 Å². The number of carbonyl (C=O) groups excluding carboxylic acids is 1. The van der Waals surface area contributed by atoms with Crippen molar-refractivity contribution in [3.63, 3.8) is 0 Å². The molecule has 1 heterocycles. The predicted octanol–water partition coefficient (Wildman–Crippen LogP) is 3.19. The smallest absolute Gasteiger partial charge is 0.414 e. The number of halogens is 1. The normalized spacial score (nSPS) is 10.9. The number of nitrogens with one attached hydrogen (secondary N) is 2. The zero-order valence-electron chi connectivity index (χ0n) is 20.2. The Labute approximate surface area is 235 Å². The number of hydrogen-bond donors (Lipinski definition) is 2. The Morgan fingerprint density at radius 3 is 2.64 bits per heavy atom. The summed E-state index contributed by atoms with van der Waals surface area (Å²) >= 11 is 6.30. The van der Waals surface area contributed by atoms with Crippen LogP contribution in [0.5, 0.6) is 5.75 Å². The van der Waals surface area contributed by atoms with E-state index in [1.807, 2.05) is 6.07 Å². The molecule has 0 aliphatic rings. The van der Waals surface area contributed by atoms with Gasteiger partial charge in [0.2, 0.25) is 0 Å². The minimum atomic E-state index is -3.85. The fraction of sp³-hybridized carbons (Fsp3) is 0.261. The van der Waals surface area contributed by atoms with E-state index in [4.69, 9.17) is 26.0 Å². The summed E-state index contributed by atoms with van der Waals surface area (Å²) in [6.45, 7) is 1.74. The quantitative estimate of drug-likeness (QED) is 0.253. The first-order chi connectivity index (χ1) is 16.5. The molecule has 2 aromatic carbocycles. The average molecular weight is 542 g/mol. The number of benzene rings is 2. The predicted molar refractivity (Wildman–Crippen MR) is 138 cm³/mol. The fourth-order valence-electron chi connectivity index (χ4n) is 3.24. The van der Waals surface area contributed by atoms with Crippen LogP contribution in [-0.4, -0.2) is 69.6 Å². The number of fused-ring (bicyclic) bond motifs is 1. The average Bonchev–Trinajstić information content (AvgIpc) is 2.78. The number of rotatable bonds is 8. The number of carbonyl (C=O) groups is 1. The van der Waals surface area contributed by atoms with Gasteiger partial charge < -0.3 is 14.1 Å². The van der Waals surface area contributed by atoms with Crippen LogP contribution in [0.3, 0.4) is 0 Å². The van der Waals surface area contributed by atoms with Crippen molar-refractivity contribution in [3.8, 4) is 11.8 Å². The van der Waals surface area contributed by atoms with Gasteiger partial charge >= 0.3 is 11.7 Å². The molecule has 0 aliphatic carbocycles. The van der Waals surface area contributed by atoms with Crippen molar-refractivity contribution < 1.29 is 22.4 Å². The topological polar surface area (TPSA) is 142 Å². The summed E-state index contributed by atoms with van der Waals surface area (Å²) in [5.41, 5.74) is 1.61. The molecule has 36 heavy (non-hydrogen) atoms. The maximum atomic E-state index is 12.8. The second kappa shape index (κ2) is 12.6. The first-order valence-corrected chi connectivity index (χ1v) is 12.2. The molecule has 3 aromatic rings. The maximum absolute atomic E-state index is 12.8. The van der Waals surface area contributed by atoms with Crippen LogP contribution in [0.1, 0.15) is 23.1 Å². The van der Waals surface area contributed by atoms with Crippen LogP contribution in [0.25, 0.3) is 11.0 Å². The third-order valence-corrected chi connectivity index (χ3v) is 6.38. The summed E-state index contributed by atoms with van der Waals surface area (Å²) in [6.07, 6.45) is -0.407. The summed E-state index contributed by atoms with van der Waals surface area (Å²) in [7, 11) is -0.796. The van der Waals surface area contributed by atoms with Gasteiger partial charge in [-0.25, -0.2) is 9.59 Å². The summed E-state index contributed by atoms with van der Waals surface area (Å²) < 4.78 is 39.6. The molecule has 0 unspecified atom stereocenters. The largest absolute Gasteiger partial charge is 0.422 e. The summed E-state index contributed by atoms with van der Waals surface area (Å²) in [5, 5.41) is 9.31. The zero-order valence-corrected chi connectivity index (χ0v) is 23.8. The van der Waals surface area contributed by atoms with Crippen LogP contribution in [0, 0.1) is 18.3 Å². The van der Waals surface area contributed by atoms with Gasteiger partial charge in [-0.1, -0.05) is 23.7 Å². The number of hydrogen-bond acceptors (Lipinski definition) is 7. The molecule has 0 fully saturated rings. The summed E-state index contributed by atoms with van der Waals surface area (Å²) in [4.78, 5) is 25.9. The van der Waals surface area contributed by atoms with Crippen molar-refractivity contribution in [2.45, 2.75) is 19.8 Å². The molecule has 1 aromatic heterocycles. The maximum Gasteiger partial charge on any atom is 0.414 e. The van der Waals surface area contributed by atoms with E-state index < -0.39 is 21.9 Å². The van der Waals surface area contributed by atoms with E-state index in [9.17, 15) is 18.0 Å². The van der Waals surface area contributed by atoms with Crippen LogP contribution in [-0.2, 0) is 16.6 Å². The number of aryl methyl sites for hydroxylation is 1. The molecule has 0 spiro atoms. The second-order valence-corrected chi connectivity index (χ2v) is 9.73. The minimum absolute atomic E-state index is 0. The molecule has 1 radical (unpaired) electrons. The molecule has 0 aliphatic heterocycles. The Morgan fingerprint density at radius 2 is 1.97 bits per heavy atom. The Kier molecular flexibility index (Phi) is 10.4. The van der Waals surface area contributed by atoms with Crippen LogP contribution >= 0.6 is 11.6 Å². The first-order valence-electron chi connectivity index (χ1n) is 10.4. The molecule has 10 nitrogen and oxygen atoms in total. The van der Waals surface area contributed by atoms with Gasteiger partial charge in [0.05, 0.1) is 16.8 Å². The van der Waals surface area contributed by atoms with E-state index in [-0.39, 0.29) is 65.3 Å². The molecule has 0 saturated heterocycles. The molecule has 0 bridgehead atoms. The van der Waals surface area contributed by atoms with Crippen LogP contribution < -0.4 is 19.8 Å². The molecule has 185 valence electrons. The minimum Gasteiger partial charge on any atom is -0.422 e. The molecule has 0 atom stereocenters. The Hall–Kier alpha value is -2.59. The van der Waals surface area contributed by atoms with Gasteiger partial charge in [-0.05, 0) is 36.2 Å². The zero-order chi connectivity index (χ0) is 25.8. The van der Waals surface area contributed by atoms with Crippen molar-refractivity contribution in [3.05, 3.63) is 68.5 Å². The Morgan fingerprint density at radius 1 is 1.25 bits per heavy atom. The molecule has 0 saturated carbocycles. The van der Waals surface area contributed by atoms with Gasteiger partial charge in [0.15, 0.2) is 5.75 Å². The molecular weight excluding hydrogens is 519 g/mol. The molecular formula is C23H23ClN4NaO6S. The van der Waals surface area contributed by atoms with Crippen LogP contribution in [0.15, 0.2) is 45.6 Å². The third-order valence-electron chi connectivity index (χ3n) is 4.99. The van der Waals surface area contributed by atoms with Crippen LogP contribution in [0.2, 0.25) is 5.02 Å². The second-order valence-electron chi connectivity index (χ2n) is 7.82. The third kappa shape index (κ3) is 7.46. The molecule has 13 heteroatoms. The molecule has 2 N–H and O–H groups in total. The summed E-state index contributed by atoms with van der Waals surface area (Å²) in [6, 6.07) is 11.4. The van der Waals surface area contributed by atoms with Crippen molar-refractivity contribution in [1.29, 1.82) is 5.26 Å². The molecule has 1 amide bonds. The van der Waals surface area contributed by atoms with Gasteiger partial charge in [0, 0.05) is 80.1 Å². The van der Waals surface area contributed by atoms with Gasteiger partial charge in [-0.15, -0.1) is 0 Å². The van der Waals surface area contributed by atoms with E-state index in [0.717, 1.165) is 0 Å². The SMILES string of the molecule is Cc1c(Cc2cccc(NS(=O)(=O)NCCC#N)c2)c(=O)oc2cc(OC(=O)N(C)C)c(Cl)cc12.[Na]. The van der Waals surface area contributed by atoms with Gasteiger partial charge in [-0.3, -0.25) is 4.72 Å². The monoisotopic (exact) mass is 541 g/mol. The number of ether oxygens (including phenoxy) is 1. The van der Waals surface area contributed by atoms with Gasteiger partial charge in [0.1, 0.15) is 5.58 Å². The summed E-state index contributed by atoms with van der Waals surface area (Å²) in [5.74, 6) is 0.0662. The Balaban J connectivity index is 0.00000456. The van der Waals surface area contributed by atoms with E-state index in [0.29, 0.717) is 27.8 Å². The first kappa shape index (κ1) is 29.6. The number of amides is 1. The standard InChI is InChI=1S/C23H23ClN4O6S.Na/c1-14-17-12-19(24)21(34-23(30)28(2)3)13-20(17)33-22(29)18(14)11-15-6-4-7-16(10-15)27-35(31,32)26-9-5-8-25;/h4,6-7,10,12-13,26-27H,5,9,11H2,1-3H3;. The molecule has 3 rings (SSSR count). The van der Waals surface area contributed by atoms with Crippen molar-refractivity contribution in [1.82, 2.24) is 9.62 Å². The van der Waals surface area contributed by atoms with Gasteiger partial charge in [-0.2, -0.15) is 18.4 Å². The van der Waals surface area contributed by atoms with E-state index in [1.54, 1.807) is 37.3 Å². The van der Waals surface area contributed by atoms with Crippen LogP contribution in [0.4, 0.5) is 10.5 Å². The van der Waals surface area contributed by atoms with Crippen molar-refractivity contribution in [2.24, 2.45) is 0 Å². The number of anilines is 1. The van der Waals surface area contributed by atoms with Crippen molar-refractivity contribution >= 4 is 74.1 Å². The van der Waals surface area contributed by atoms with E-state index in [1.165, 1.54) is 25.1 Å². The van der Waals surface area contributed by atoms with Gasteiger partial charge in [0.25, 0.3) is 10.2 Å². The van der Waals surface area contributed by atoms with E-state index in [2.05, 4.69) is 9.44 Å². The fourth-order valence-corrected chi connectivity index (χ4v) is 4.32. The number of nitriles is 1. The Bertz CT molecular complexity index is 1480.